The molecular formula is C13H20N4O2. The zero-order chi connectivity index (χ0) is 14.6. The number of H-pyrrole nitrogens is 1. The van der Waals surface area contributed by atoms with Gasteiger partial charge in [-0.1, -0.05) is 0 Å². The Balaban J connectivity index is 0.000000203. The quantitative estimate of drug-likeness (QED) is 0.499. The number of aromatic nitrogens is 2. The van der Waals surface area contributed by atoms with Gasteiger partial charge in [-0.3, -0.25) is 4.79 Å². The Morgan fingerprint density at radius 1 is 1.32 bits per heavy atom. The minimum Gasteiger partial charge on any atom is -0.460 e. The molecule has 0 bridgehead atoms. The zero-order valence-corrected chi connectivity index (χ0v) is 11.7. The van der Waals surface area contributed by atoms with Crippen LogP contribution in [0.3, 0.4) is 0 Å². The summed E-state index contributed by atoms with van der Waals surface area (Å²) in [5, 5.41) is 0. The Kier molecular flexibility index (Phi) is 4.37. The molecule has 5 N–H and O–H groups in total. The molecule has 0 unspecified atom stereocenters. The Hall–Kier alpha value is -2.24. The van der Waals surface area contributed by atoms with Gasteiger partial charge in [0.2, 0.25) is 0 Å². The van der Waals surface area contributed by atoms with Crippen LogP contribution in [0.25, 0.3) is 11.0 Å². The van der Waals surface area contributed by atoms with Crippen molar-refractivity contribution in [2.45, 2.75) is 33.3 Å². The lowest BCUT2D eigenvalue weighted by atomic mass is 10.2. The minimum atomic E-state index is -0.328. The van der Waals surface area contributed by atoms with Gasteiger partial charge in [0.25, 0.3) is 0 Å². The van der Waals surface area contributed by atoms with Gasteiger partial charge in [-0.25, -0.2) is 4.98 Å². The summed E-state index contributed by atoms with van der Waals surface area (Å²) in [4.78, 5) is 17.1. The number of nitrogens with two attached hydrogens (primary N) is 2. The van der Waals surface area contributed by atoms with Gasteiger partial charge >= 0.3 is 5.97 Å². The first-order chi connectivity index (χ1) is 8.67. The first-order valence-corrected chi connectivity index (χ1v) is 5.87. The van der Waals surface area contributed by atoms with Crippen LogP contribution < -0.4 is 11.5 Å². The number of esters is 1. The predicted octanol–water partition coefficient (Wildman–Crippen LogP) is 2.08. The van der Waals surface area contributed by atoms with Gasteiger partial charge < -0.3 is 21.2 Å². The normalized spacial score (nSPS) is 10.7. The smallest absolute Gasteiger partial charge is 0.303 e. The number of hydrogen-bond acceptors (Lipinski definition) is 5. The van der Waals surface area contributed by atoms with E-state index >= 15 is 0 Å². The lowest BCUT2D eigenvalue weighted by Gasteiger charge is -2.17. The van der Waals surface area contributed by atoms with E-state index in [9.17, 15) is 4.79 Å². The number of hydrogen-bond donors (Lipinski definition) is 3. The number of carbonyl (C=O) groups excluding carboxylic acids is 1. The summed E-state index contributed by atoms with van der Waals surface area (Å²) in [6, 6.07) is 5.43. The molecule has 0 radical (unpaired) electrons. The topological polar surface area (TPSA) is 107 Å². The van der Waals surface area contributed by atoms with Crippen molar-refractivity contribution in [3.8, 4) is 0 Å². The van der Waals surface area contributed by atoms with E-state index in [2.05, 4.69) is 9.97 Å². The maximum absolute atomic E-state index is 10.2. The molecule has 2 aromatic rings. The number of aromatic amines is 1. The van der Waals surface area contributed by atoms with Crippen molar-refractivity contribution in [1.29, 1.82) is 0 Å². The summed E-state index contributed by atoms with van der Waals surface area (Å²) >= 11 is 0. The largest absolute Gasteiger partial charge is 0.460 e. The molecule has 0 aliphatic heterocycles. The van der Waals surface area contributed by atoms with Crippen molar-refractivity contribution < 1.29 is 9.53 Å². The Bertz CT molecular complexity index is 570. The molecule has 19 heavy (non-hydrogen) atoms. The number of benzene rings is 1. The summed E-state index contributed by atoms with van der Waals surface area (Å²) in [6.45, 7) is 6.93. The second-order valence-corrected chi connectivity index (χ2v) is 5.10. The van der Waals surface area contributed by atoms with Gasteiger partial charge in [0.05, 0.1) is 11.0 Å². The van der Waals surface area contributed by atoms with Gasteiger partial charge in [-0.15, -0.1) is 0 Å². The van der Waals surface area contributed by atoms with Crippen LogP contribution >= 0.6 is 0 Å². The highest BCUT2D eigenvalue weighted by molar-refractivity contribution is 5.80. The lowest BCUT2D eigenvalue weighted by Crippen LogP contribution is -2.21. The molecule has 1 aromatic heterocycles. The fourth-order valence-electron chi connectivity index (χ4n) is 1.48. The number of carbonyl (C=O) groups is 1. The number of nitrogens with zero attached hydrogens (tertiary/aromatic N) is 1. The molecule has 0 aliphatic carbocycles. The van der Waals surface area contributed by atoms with Crippen LogP contribution in [0.2, 0.25) is 0 Å². The molecule has 0 spiro atoms. The Morgan fingerprint density at radius 3 is 2.42 bits per heavy atom. The van der Waals surface area contributed by atoms with Crippen LogP contribution in [0.4, 0.5) is 11.6 Å². The molecule has 0 amide bonds. The van der Waals surface area contributed by atoms with E-state index in [0.29, 0.717) is 11.6 Å². The average molecular weight is 264 g/mol. The van der Waals surface area contributed by atoms with Crippen LogP contribution in [-0.4, -0.2) is 21.5 Å². The number of nitrogen functional groups attached to an aromatic ring is 2. The van der Waals surface area contributed by atoms with Gasteiger partial charge in [0, 0.05) is 12.6 Å². The molecule has 6 nitrogen and oxygen atoms in total. The summed E-state index contributed by atoms with van der Waals surface area (Å²) < 4.78 is 4.80. The van der Waals surface area contributed by atoms with Gasteiger partial charge in [-0.05, 0) is 39.0 Å². The molecular weight excluding hydrogens is 244 g/mol. The van der Waals surface area contributed by atoms with Crippen molar-refractivity contribution in [3.63, 3.8) is 0 Å². The minimum absolute atomic E-state index is 0.225. The van der Waals surface area contributed by atoms with E-state index < -0.39 is 0 Å². The molecule has 0 saturated heterocycles. The van der Waals surface area contributed by atoms with E-state index in [0.717, 1.165) is 11.0 Å². The predicted molar refractivity (Wildman–Crippen MR) is 76.4 cm³/mol. The van der Waals surface area contributed by atoms with Crippen LogP contribution in [0.15, 0.2) is 18.2 Å². The van der Waals surface area contributed by atoms with Crippen LogP contribution in [0, 0.1) is 0 Å². The van der Waals surface area contributed by atoms with Crippen molar-refractivity contribution in [2.24, 2.45) is 0 Å². The second kappa shape index (κ2) is 5.60. The molecule has 0 fully saturated rings. The van der Waals surface area contributed by atoms with E-state index in [1.165, 1.54) is 6.92 Å². The third-order valence-electron chi connectivity index (χ3n) is 1.97. The lowest BCUT2D eigenvalue weighted by molar-refractivity contribution is -0.151. The average Bonchev–Trinajstić information content (AvgIpc) is 2.54. The third kappa shape index (κ3) is 5.29. The highest BCUT2D eigenvalue weighted by atomic mass is 16.6. The summed E-state index contributed by atoms with van der Waals surface area (Å²) in [5.41, 5.74) is 13.1. The fraction of sp³-hybridized carbons (Fsp3) is 0.385. The molecule has 6 heteroatoms. The first-order valence-electron chi connectivity index (χ1n) is 5.87. The number of ether oxygens (including phenoxy) is 1. The first kappa shape index (κ1) is 14.8. The second-order valence-electron chi connectivity index (χ2n) is 5.10. The van der Waals surface area contributed by atoms with Crippen molar-refractivity contribution >= 4 is 28.6 Å². The highest BCUT2D eigenvalue weighted by Gasteiger charge is 2.11. The molecule has 0 aliphatic rings. The van der Waals surface area contributed by atoms with Crippen LogP contribution in [0.5, 0.6) is 0 Å². The number of fused-ring (bicyclic) bond motifs is 1. The van der Waals surface area contributed by atoms with E-state index in [-0.39, 0.29) is 11.6 Å². The van der Waals surface area contributed by atoms with Gasteiger partial charge in [-0.2, -0.15) is 0 Å². The number of imidazole rings is 1. The number of nitrogens with one attached hydrogen (secondary N) is 1. The van der Waals surface area contributed by atoms with E-state index in [4.69, 9.17) is 16.2 Å². The number of rotatable bonds is 0. The highest BCUT2D eigenvalue weighted by Crippen LogP contribution is 2.15. The van der Waals surface area contributed by atoms with Crippen LogP contribution in [0.1, 0.15) is 27.7 Å². The summed E-state index contributed by atoms with van der Waals surface area (Å²) in [5.74, 6) is 0.197. The van der Waals surface area contributed by atoms with Gasteiger partial charge in [0.15, 0.2) is 5.95 Å². The molecule has 1 heterocycles. The van der Waals surface area contributed by atoms with E-state index in [1.807, 2.05) is 26.8 Å². The summed E-state index contributed by atoms with van der Waals surface area (Å²) in [6.07, 6.45) is 0. The molecule has 2 rings (SSSR count). The summed E-state index contributed by atoms with van der Waals surface area (Å²) in [7, 11) is 0. The van der Waals surface area contributed by atoms with Crippen molar-refractivity contribution in [2.75, 3.05) is 11.5 Å². The maximum atomic E-state index is 10.2. The van der Waals surface area contributed by atoms with Crippen LogP contribution in [-0.2, 0) is 9.53 Å². The van der Waals surface area contributed by atoms with Crippen molar-refractivity contribution in [1.82, 2.24) is 9.97 Å². The Labute approximate surface area is 112 Å². The monoisotopic (exact) mass is 264 g/mol. The fourth-order valence-corrected chi connectivity index (χ4v) is 1.48. The molecule has 0 atom stereocenters. The third-order valence-corrected chi connectivity index (χ3v) is 1.97. The SMILES string of the molecule is CC(=O)OC(C)(C)C.Nc1ccc2nc(N)[nH]c2c1. The molecule has 0 saturated carbocycles. The number of anilines is 2. The van der Waals surface area contributed by atoms with E-state index in [1.54, 1.807) is 12.1 Å². The molecule has 104 valence electrons. The maximum Gasteiger partial charge on any atom is 0.303 e. The van der Waals surface area contributed by atoms with Gasteiger partial charge in [0.1, 0.15) is 5.60 Å². The van der Waals surface area contributed by atoms with Crippen molar-refractivity contribution in [3.05, 3.63) is 18.2 Å². The molecule has 1 aromatic carbocycles. The zero-order valence-electron chi connectivity index (χ0n) is 11.7. The Morgan fingerprint density at radius 2 is 1.95 bits per heavy atom. The standard InChI is InChI=1S/C7H8N4.C6H12O2/c8-4-1-2-5-6(3-4)11-7(9)10-5;1-5(7)8-6(2,3)4/h1-3H,8H2,(H3,9,10,11);1-4H3.